The lowest BCUT2D eigenvalue weighted by molar-refractivity contribution is 0.0684. The summed E-state index contributed by atoms with van der Waals surface area (Å²) in [6.07, 6.45) is 4.20. The first-order valence-corrected chi connectivity index (χ1v) is 8.21. The van der Waals surface area contributed by atoms with E-state index in [9.17, 15) is 4.79 Å². The Morgan fingerprint density at radius 3 is 2.52 bits per heavy atom. The third-order valence-electron chi connectivity index (χ3n) is 4.01. The van der Waals surface area contributed by atoms with Crippen molar-refractivity contribution < 1.29 is 4.79 Å². The summed E-state index contributed by atoms with van der Waals surface area (Å²) in [5.74, 6) is -0.0261. The van der Waals surface area contributed by atoms with Gasteiger partial charge in [0, 0.05) is 18.6 Å². The molecular weight excluding hydrogens is 286 g/mol. The predicted octanol–water partition coefficient (Wildman–Crippen LogP) is 3.71. The molecule has 1 fully saturated rings. The van der Waals surface area contributed by atoms with Crippen LogP contribution in [0.4, 0.5) is 5.69 Å². The van der Waals surface area contributed by atoms with E-state index in [0.717, 1.165) is 11.3 Å². The number of carbonyl (C=O) groups excluding carboxylic acids is 1. The van der Waals surface area contributed by atoms with Gasteiger partial charge in [-0.2, -0.15) is 0 Å². The maximum absolute atomic E-state index is 12.8. The number of hydrogen-bond acceptors (Lipinski definition) is 3. The van der Waals surface area contributed by atoms with Crippen molar-refractivity contribution in [2.24, 2.45) is 0 Å². The predicted molar refractivity (Wildman–Crippen MR) is 92.3 cm³/mol. The zero-order valence-corrected chi connectivity index (χ0v) is 13.7. The van der Waals surface area contributed by atoms with E-state index in [1.165, 1.54) is 12.8 Å². The molecule has 23 heavy (non-hydrogen) atoms. The van der Waals surface area contributed by atoms with Crippen LogP contribution in [0.15, 0.2) is 48.7 Å². The fourth-order valence-corrected chi connectivity index (χ4v) is 2.49. The number of rotatable bonds is 6. The van der Waals surface area contributed by atoms with Crippen LogP contribution in [0.25, 0.3) is 0 Å². The molecule has 0 atom stereocenters. The molecule has 1 saturated carbocycles. The molecule has 0 spiro atoms. The quantitative estimate of drug-likeness (QED) is 0.885. The lowest BCUT2D eigenvalue weighted by Gasteiger charge is -2.26. The number of nitrogens with one attached hydrogen (secondary N) is 1. The molecule has 120 valence electrons. The second kappa shape index (κ2) is 6.82. The minimum atomic E-state index is -0.0261. The van der Waals surface area contributed by atoms with Crippen molar-refractivity contribution in [2.45, 2.75) is 45.3 Å². The first-order chi connectivity index (χ1) is 11.1. The number of benzene rings is 1. The van der Waals surface area contributed by atoms with Crippen molar-refractivity contribution in [1.29, 1.82) is 0 Å². The maximum atomic E-state index is 12.8. The molecule has 4 nitrogen and oxygen atoms in total. The van der Waals surface area contributed by atoms with Crippen LogP contribution in [0, 0.1) is 0 Å². The summed E-state index contributed by atoms with van der Waals surface area (Å²) in [4.78, 5) is 19.0. The fourth-order valence-electron chi connectivity index (χ4n) is 2.49. The Morgan fingerprint density at radius 2 is 1.96 bits per heavy atom. The molecule has 0 unspecified atom stereocenters. The smallest absolute Gasteiger partial charge is 0.272 e. The summed E-state index contributed by atoms with van der Waals surface area (Å²) >= 11 is 0. The molecule has 1 aliphatic carbocycles. The van der Waals surface area contributed by atoms with Gasteiger partial charge in [-0.3, -0.25) is 4.79 Å². The van der Waals surface area contributed by atoms with Crippen molar-refractivity contribution >= 4 is 11.6 Å². The van der Waals surface area contributed by atoms with Gasteiger partial charge in [0.15, 0.2) is 0 Å². The van der Waals surface area contributed by atoms with Crippen molar-refractivity contribution in [1.82, 2.24) is 9.88 Å². The topological polar surface area (TPSA) is 45.2 Å². The second-order valence-corrected chi connectivity index (χ2v) is 6.36. The Hall–Kier alpha value is -2.36. The molecule has 0 aliphatic heterocycles. The van der Waals surface area contributed by atoms with Gasteiger partial charge in [0.2, 0.25) is 0 Å². The lowest BCUT2D eigenvalue weighted by atomic mass is 10.1. The third kappa shape index (κ3) is 4.09. The Bertz CT molecular complexity index is 648. The number of amides is 1. The number of nitrogens with zero attached hydrogens (tertiary/aromatic N) is 2. The average Bonchev–Trinajstić information content (AvgIpc) is 3.37. The van der Waals surface area contributed by atoms with Gasteiger partial charge in [-0.1, -0.05) is 30.3 Å². The van der Waals surface area contributed by atoms with E-state index in [1.54, 1.807) is 6.20 Å². The van der Waals surface area contributed by atoms with Gasteiger partial charge in [0.25, 0.3) is 5.91 Å². The zero-order valence-electron chi connectivity index (χ0n) is 13.7. The van der Waals surface area contributed by atoms with Gasteiger partial charge < -0.3 is 10.2 Å². The lowest BCUT2D eigenvalue weighted by Crippen LogP contribution is -2.36. The number of anilines is 1. The number of carbonyl (C=O) groups is 1. The standard InChI is InChI=1S/C19H23N3O/c1-14(2)22(13-15-6-4-3-5-7-15)19(23)18-11-10-17(12-20-18)21-16-8-9-16/h3-7,10-12,14,16,21H,8-9,13H2,1-2H3. The molecule has 1 aliphatic rings. The van der Waals surface area contributed by atoms with Gasteiger partial charge >= 0.3 is 0 Å². The molecule has 2 aromatic rings. The van der Waals surface area contributed by atoms with Crippen molar-refractivity contribution in [3.05, 3.63) is 59.9 Å². The highest BCUT2D eigenvalue weighted by molar-refractivity contribution is 5.92. The average molecular weight is 309 g/mol. The van der Waals surface area contributed by atoms with E-state index in [-0.39, 0.29) is 11.9 Å². The van der Waals surface area contributed by atoms with E-state index in [0.29, 0.717) is 18.3 Å². The summed E-state index contributed by atoms with van der Waals surface area (Å²) < 4.78 is 0. The van der Waals surface area contributed by atoms with E-state index >= 15 is 0 Å². The van der Waals surface area contributed by atoms with Crippen LogP contribution < -0.4 is 5.32 Å². The van der Waals surface area contributed by atoms with Gasteiger partial charge in [0.1, 0.15) is 5.69 Å². The first-order valence-electron chi connectivity index (χ1n) is 8.21. The van der Waals surface area contributed by atoms with Gasteiger partial charge in [-0.25, -0.2) is 4.98 Å². The Kier molecular flexibility index (Phi) is 4.60. The highest BCUT2D eigenvalue weighted by Crippen LogP contribution is 2.24. The van der Waals surface area contributed by atoms with Crippen LogP contribution in [0.5, 0.6) is 0 Å². The summed E-state index contributed by atoms with van der Waals surface area (Å²) in [7, 11) is 0. The normalized spacial score (nSPS) is 13.9. The van der Waals surface area contributed by atoms with E-state index in [4.69, 9.17) is 0 Å². The summed E-state index contributed by atoms with van der Waals surface area (Å²) in [6, 6.07) is 14.5. The molecule has 0 saturated heterocycles. The summed E-state index contributed by atoms with van der Waals surface area (Å²) in [6.45, 7) is 4.66. The zero-order chi connectivity index (χ0) is 16.2. The van der Waals surface area contributed by atoms with Crippen LogP contribution >= 0.6 is 0 Å². The molecule has 1 amide bonds. The Morgan fingerprint density at radius 1 is 1.22 bits per heavy atom. The van der Waals surface area contributed by atoms with Crippen molar-refractivity contribution in [3.63, 3.8) is 0 Å². The van der Waals surface area contributed by atoms with E-state index in [2.05, 4.69) is 10.3 Å². The van der Waals surface area contributed by atoms with Crippen LogP contribution in [-0.2, 0) is 6.54 Å². The third-order valence-corrected chi connectivity index (χ3v) is 4.01. The molecule has 0 bridgehead atoms. The second-order valence-electron chi connectivity index (χ2n) is 6.36. The molecule has 3 rings (SSSR count). The first kappa shape index (κ1) is 15.5. The maximum Gasteiger partial charge on any atom is 0.272 e. The number of hydrogen-bond donors (Lipinski definition) is 1. The molecule has 1 N–H and O–H groups in total. The number of aromatic nitrogens is 1. The highest BCUT2D eigenvalue weighted by Gasteiger charge is 2.22. The minimum Gasteiger partial charge on any atom is -0.381 e. The largest absolute Gasteiger partial charge is 0.381 e. The van der Waals surface area contributed by atoms with Gasteiger partial charge in [0.05, 0.1) is 11.9 Å². The summed E-state index contributed by atoms with van der Waals surface area (Å²) in [5, 5.41) is 3.39. The van der Waals surface area contributed by atoms with Gasteiger partial charge in [-0.15, -0.1) is 0 Å². The molecule has 1 heterocycles. The van der Waals surface area contributed by atoms with Crippen LogP contribution in [0.3, 0.4) is 0 Å². The molecular formula is C19H23N3O. The Labute approximate surface area is 137 Å². The molecule has 4 heteroatoms. The van der Waals surface area contributed by atoms with Gasteiger partial charge in [-0.05, 0) is 44.4 Å². The fraction of sp³-hybridized carbons (Fsp3) is 0.368. The van der Waals surface area contributed by atoms with Crippen LogP contribution in [0.2, 0.25) is 0 Å². The summed E-state index contributed by atoms with van der Waals surface area (Å²) in [5.41, 5.74) is 2.61. The SMILES string of the molecule is CC(C)N(Cc1ccccc1)C(=O)c1ccc(NC2CC2)cn1. The van der Waals surface area contributed by atoms with Crippen molar-refractivity contribution in [3.8, 4) is 0 Å². The molecule has 0 radical (unpaired) electrons. The molecule has 1 aromatic heterocycles. The highest BCUT2D eigenvalue weighted by atomic mass is 16.2. The number of pyridine rings is 1. The van der Waals surface area contributed by atoms with E-state index < -0.39 is 0 Å². The van der Waals surface area contributed by atoms with Crippen molar-refractivity contribution in [2.75, 3.05) is 5.32 Å². The molecule has 1 aromatic carbocycles. The van der Waals surface area contributed by atoms with Crippen LogP contribution in [0.1, 0.15) is 42.7 Å². The van der Waals surface area contributed by atoms with E-state index in [1.807, 2.05) is 61.2 Å². The Balaban J connectivity index is 1.72. The minimum absolute atomic E-state index is 0.0261. The monoisotopic (exact) mass is 309 g/mol. The van der Waals surface area contributed by atoms with Crippen LogP contribution in [-0.4, -0.2) is 27.9 Å².